The lowest BCUT2D eigenvalue weighted by Gasteiger charge is -2.05. The van der Waals surface area contributed by atoms with E-state index in [0.29, 0.717) is 16.6 Å². The number of thiophene rings is 1. The molecule has 0 unspecified atom stereocenters. The van der Waals surface area contributed by atoms with Crippen molar-refractivity contribution in [2.75, 3.05) is 5.32 Å². The summed E-state index contributed by atoms with van der Waals surface area (Å²) in [6.07, 6.45) is 1.01. The summed E-state index contributed by atoms with van der Waals surface area (Å²) in [5.74, 6) is 0.694. The van der Waals surface area contributed by atoms with Crippen molar-refractivity contribution in [2.24, 2.45) is 0 Å². The summed E-state index contributed by atoms with van der Waals surface area (Å²) < 4.78 is 6.89. The second-order valence-corrected chi connectivity index (χ2v) is 8.44. The van der Waals surface area contributed by atoms with Crippen molar-refractivity contribution in [2.45, 2.75) is 26.9 Å². The fraction of sp³-hybridized carbons (Fsp3) is 0.182. The lowest BCUT2D eigenvalue weighted by Crippen LogP contribution is -2.09. The van der Waals surface area contributed by atoms with Crippen LogP contribution in [0.15, 0.2) is 53.9 Å². The maximum Gasteiger partial charge on any atom is 0.267 e. The third kappa shape index (κ3) is 4.08. The number of ether oxygens (including phenoxy) is 1. The number of fused-ring (bicyclic) bond motifs is 1. The molecule has 4 aromatic rings. The molecule has 0 radical (unpaired) electrons. The number of nitrogens with one attached hydrogen (secondary N) is 1. The molecule has 1 amide bonds. The summed E-state index contributed by atoms with van der Waals surface area (Å²) in [6, 6.07) is 16.0. The first kappa shape index (κ1) is 18.7. The van der Waals surface area contributed by atoms with Gasteiger partial charge in [-0.15, -0.1) is 11.3 Å². The number of aryl methyl sites for hydroxylation is 2. The van der Waals surface area contributed by atoms with E-state index in [1.165, 1.54) is 28.2 Å². The number of aromatic nitrogens is 1. The minimum atomic E-state index is -0.139. The van der Waals surface area contributed by atoms with Gasteiger partial charge in [-0.1, -0.05) is 42.5 Å². The molecule has 0 atom stereocenters. The fourth-order valence-corrected chi connectivity index (χ4v) is 4.59. The van der Waals surface area contributed by atoms with Crippen LogP contribution in [0.5, 0.6) is 5.75 Å². The molecule has 4 rings (SSSR count). The fourth-order valence-electron chi connectivity index (χ4n) is 2.86. The third-order valence-corrected chi connectivity index (χ3v) is 6.37. The molecule has 6 heteroatoms. The maximum atomic E-state index is 12.6. The van der Waals surface area contributed by atoms with Crippen molar-refractivity contribution >= 4 is 43.9 Å². The van der Waals surface area contributed by atoms with Gasteiger partial charge in [-0.2, -0.15) is 0 Å². The molecule has 0 bridgehead atoms. The van der Waals surface area contributed by atoms with Gasteiger partial charge in [0.05, 0.1) is 15.1 Å². The molecule has 1 N–H and O–H groups in total. The van der Waals surface area contributed by atoms with Gasteiger partial charge in [-0.3, -0.25) is 10.1 Å². The molecule has 0 aliphatic heterocycles. The van der Waals surface area contributed by atoms with Crippen molar-refractivity contribution in [1.29, 1.82) is 0 Å². The Kier molecular flexibility index (Phi) is 5.41. The lowest BCUT2D eigenvalue weighted by molar-refractivity contribution is 0.103. The van der Waals surface area contributed by atoms with Crippen LogP contribution in [0, 0.1) is 6.92 Å². The van der Waals surface area contributed by atoms with Gasteiger partial charge in [0.15, 0.2) is 5.13 Å². The Hall–Kier alpha value is -2.70. The Balaban J connectivity index is 1.39. The zero-order valence-corrected chi connectivity index (χ0v) is 17.3. The van der Waals surface area contributed by atoms with E-state index in [0.717, 1.165) is 33.5 Å². The highest BCUT2D eigenvalue weighted by Gasteiger charge is 2.13. The number of hydrogen-bond acceptors (Lipinski definition) is 5. The van der Waals surface area contributed by atoms with Crippen LogP contribution >= 0.6 is 22.7 Å². The highest BCUT2D eigenvalue weighted by atomic mass is 32.1. The van der Waals surface area contributed by atoms with Crippen LogP contribution in [-0.2, 0) is 13.0 Å². The molecule has 0 aliphatic carbocycles. The van der Waals surface area contributed by atoms with Gasteiger partial charge < -0.3 is 4.74 Å². The number of carbonyl (C=O) groups excluding carboxylic acids is 1. The van der Waals surface area contributed by atoms with Crippen molar-refractivity contribution in [1.82, 2.24) is 4.98 Å². The molecule has 2 aromatic carbocycles. The van der Waals surface area contributed by atoms with Crippen molar-refractivity contribution in [3.05, 3.63) is 75.5 Å². The second-order valence-electron chi connectivity index (χ2n) is 6.50. The van der Waals surface area contributed by atoms with E-state index in [1.807, 2.05) is 48.7 Å². The summed E-state index contributed by atoms with van der Waals surface area (Å²) in [7, 11) is 0. The van der Waals surface area contributed by atoms with Crippen LogP contribution in [-0.4, -0.2) is 10.9 Å². The largest absolute Gasteiger partial charge is 0.489 e. The number of nitrogens with zero attached hydrogens (tertiary/aromatic N) is 1. The van der Waals surface area contributed by atoms with E-state index in [2.05, 4.69) is 29.4 Å². The molecule has 2 heterocycles. The molecule has 0 fully saturated rings. The molecular formula is C22H20N2O2S2. The van der Waals surface area contributed by atoms with Crippen molar-refractivity contribution in [3.8, 4) is 5.75 Å². The molecule has 4 nitrogen and oxygen atoms in total. The van der Waals surface area contributed by atoms with E-state index >= 15 is 0 Å². The van der Waals surface area contributed by atoms with Gasteiger partial charge in [0.1, 0.15) is 12.4 Å². The van der Waals surface area contributed by atoms with Gasteiger partial charge >= 0.3 is 0 Å². The Morgan fingerprint density at radius 2 is 1.96 bits per heavy atom. The minimum Gasteiger partial charge on any atom is -0.489 e. The SMILES string of the molecule is CCc1ccc(OCc2csc(C(=O)Nc3nc4c(C)cccc4s3)c2)cc1. The van der Waals surface area contributed by atoms with Crippen LogP contribution in [0.3, 0.4) is 0 Å². The van der Waals surface area contributed by atoms with Gasteiger partial charge in [0.25, 0.3) is 5.91 Å². The first-order valence-corrected chi connectivity index (χ1v) is 10.8. The number of carbonyl (C=O) groups is 1. The molecule has 142 valence electrons. The summed E-state index contributed by atoms with van der Waals surface area (Å²) in [4.78, 5) is 17.7. The summed E-state index contributed by atoms with van der Waals surface area (Å²) in [6.45, 7) is 4.59. The number of rotatable bonds is 6. The molecule has 0 spiro atoms. The summed E-state index contributed by atoms with van der Waals surface area (Å²) in [5, 5.41) is 5.49. The van der Waals surface area contributed by atoms with Crippen LogP contribution in [0.2, 0.25) is 0 Å². The average molecular weight is 409 g/mol. The Bertz CT molecular complexity index is 1110. The average Bonchev–Trinajstić information content (AvgIpc) is 3.34. The van der Waals surface area contributed by atoms with Crippen molar-refractivity contribution in [3.63, 3.8) is 0 Å². The molecule has 0 aliphatic rings. The van der Waals surface area contributed by atoms with Crippen LogP contribution in [0.4, 0.5) is 5.13 Å². The Morgan fingerprint density at radius 3 is 2.71 bits per heavy atom. The van der Waals surface area contributed by atoms with E-state index in [4.69, 9.17) is 4.74 Å². The standard InChI is InChI=1S/C22H20N2O2S2/c1-3-15-7-9-17(10-8-15)26-12-16-11-19(27-13-16)21(25)24-22-23-20-14(2)5-4-6-18(20)28-22/h4-11,13H,3,12H2,1-2H3,(H,23,24,25). The Morgan fingerprint density at radius 1 is 1.14 bits per heavy atom. The normalized spacial score (nSPS) is 10.9. The third-order valence-electron chi connectivity index (χ3n) is 4.46. The Labute approximate surface area is 171 Å². The van der Waals surface area contributed by atoms with E-state index < -0.39 is 0 Å². The molecule has 0 saturated carbocycles. The van der Waals surface area contributed by atoms with Crippen molar-refractivity contribution < 1.29 is 9.53 Å². The number of thiazole rings is 1. The zero-order valence-electron chi connectivity index (χ0n) is 15.7. The molecule has 2 aromatic heterocycles. The predicted molar refractivity (Wildman–Crippen MR) is 117 cm³/mol. The maximum absolute atomic E-state index is 12.6. The van der Waals surface area contributed by atoms with Crippen LogP contribution in [0.25, 0.3) is 10.2 Å². The van der Waals surface area contributed by atoms with E-state index in [1.54, 1.807) is 0 Å². The molecule has 0 saturated heterocycles. The number of amides is 1. The quantitative estimate of drug-likeness (QED) is 0.422. The zero-order chi connectivity index (χ0) is 19.5. The predicted octanol–water partition coefficient (Wildman–Crippen LogP) is 6.06. The number of benzene rings is 2. The first-order valence-electron chi connectivity index (χ1n) is 9.09. The summed E-state index contributed by atoms with van der Waals surface area (Å²) >= 11 is 2.90. The second kappa shape index (κ2) is 8.12. The summed E-state index contributed by atoms with van der Waals surface area (Å²) in [5.41, 5.74) is 4.32. The van der Waals surface area contributed by atoms with Gasteiger partial charge in [0.2, 0.25) is 0 Å². The number of para-hydroxylation sites is 1. The van der Waals surface area contributed by atoms with Crippen LogP contribution < -0.4 is 10.1 Å². The highest BCUT2D eigenvalue weighted by Crippen LogP contribution is 2.28. The topological polar surface area (TPSA) is 51.2 Å². The lowest BCUT2D eigenvalue weighted by atomic mass is 10.2. The van der Waals surface area contributed by atoms with E-state index in [9.17, 15) is 4.79 Å². The first-order chi connectivity index (χ1) is 13.6. The van der Waals surface area contributed by atoms with Crippen LogP contribution in [0.1, 0.15) is 33.3 Å². The monoisotopic (exact) mass is 408 g/mol. The van der Waals surface area contributed by atoms with Gasteiger partial charge in [-0.25, -0.2) is 4.98 Å². The number of hydrogen-bond donors (Lipinski definition) is 1. The smallest absolute Gasteiger partial charge is 0.267 e. The molecule has 28 heavy (non-hydrogen) atoms. The minimum absolute atomic E-state index is 0.139. The highest BCUT2D eigenvalue weighted by molar-refractivity contribution is 7.22. The number of anilines is 1. The van der Waals surface area contributed by atoms with Gasteiger partial charge in [0, 0.05) is 5.56 Å². The van der Waals surface area contributed by atoms with Gasteiger partial charge in [-0.05, 0) is 54.1 Å². The van der Waals surface area contributed by atoms with E-state index in [-0.39, 0.29) is 5.91 Å². The molecular weight excluding hydrogens is 388 g/mol.